The average molecular weight is 257 g/mol. The minimum absolute atomic E-state index is 0.617. The van der Waals surface area contributed by atoms with Crippen molar-refractivity contribution >= 4 is 0 Å². The van der Waals surface area contributed by atoms with Crippen molar-refractivity contribution in [2.75, 3.05) is 13.1 Å². The fourth-order valence-corrected chi connectivity index (χ4v) is 2.39. The molecule has 0 saturated carbocycles. The summed E-state index contributed by atoms with van der Waals surface area (Å²) < 4.78 is 5.17. The van der Waals surface area contributed by atoms with E-state index < -0.39 is 0 Å². The highest BCUT2D eigenvalue weighted by Crippen LogP contribution is 2.14. The Bertz CT molecular complexity index is 436. The summed E-state index contributed by atoms with van der Waals surface area (Å²) in [6, 6.07) is 12.8. The molecule has 1 aromatic carbocycles. The second-order valence-electron chi connectivity index (χ2n) is 5.10. The van der Waals surface area contributed by atoms with Crippen LogP contribution in [0.4, 0.5) is 0 Å². The van der Waals surface area contributed by atoms with Gasteiger partial charge in [0, 0.05) is 0 Å². The third-order valence-electron chi connectivity index (χ3n) is 3.33. The Kier molecular flexibility index (Phi) is 5.70. The Morgan fingerprint density at radius 3 is 2.53 bits per heavy atom. The highest BCUT2D eigenvalue weighted by atomic mass is 16.3. The second-order valence-corrected chi connectivity index (χ2v) is 5.10. The fourth-order valence-electron chi connectivity index (χ4n) is 2.39. The summed E-state index contributed by atoms with van der Waals surface area (Å²) >= 11 is 0. The van der Waals surface area contributed by atoms with Crippen LogP contribution in [0.25, 0.3) is 0 Å². The van der Waals surface area contributed by atoms with Crippen molar-refractivity contribution in [2.24, 2.45) is 5.92 Å². The quantitative estimate of drug-likeness (QED) is 0.730. The third-order valence-corrected chi connectivity index (χ3v) is 3.33. The molecule has 0 saturated heterocycles. The standard InChI is InChI=1S/C17H23NO/c1-2-9-18-13-17(12-16-8-10-19-14-16)11-15-6-4-3-5-7-15/h3-8,10,14,17-18H,2,9,11-13H2,1H3. The van der Waals surface area contributed by atoms with Crippen molar-refractivity contribution in [1.29, 1.82) is 0 Å². The number of hydrogen-bond acceptors (Lipinski definition) is 2. The predicted molar refractivity (Wildman–Crippen MR) is 79.2 cm³/mol. The van der Waals surface area contributed by atoms with Gasteiger partial charge in [-0.25, -0.2) is 0 Å². The molecule has 0 aliphatic rings. The molecule has 0 bridgehead atoms. The van der Waals surface area contributed by atoms with Crippen molar-refractivity contribution in [3.05, 3.63) is 60.1 Å². The van der Waals surface area contributed by atoms with Gasteiger partial charge in [0.1, 0.15) is 0 Å². The SMILES string of the molecule is CCCNCC(Cc1ccccc1)Cc1ccoc1. The number of hydrogen-bond donors (Lipinski definition) is 1. The van der Waals surface area contributed by atoms with Crippen LogP contribution < -0.4 is 5.32 Å². The molecule has 1 aromatic heterocycles. The molecule has 2 rings (SSSR count). The third kappa shape index (κ3) is 4.92. The summed E-state index contributed by atoms with van der Waals surface area (Å²) in [4.78, 5) is 0. The molecule has 2 nitrogen and oxygen atoms in total. The van der Waals surface area contributed by atoms with E-state index in [4.69, 9.17) is 4.42 Å². The van der Waals surface area contributed by atoms with E-state index in [1.54, 1.807) is 6.26 Å². The summed E-state index contributed by atoms with van der Waals surface area (Å²) in [5.41, 5.74) is 2.70. The first-order valence-electron chi connectivity index (χ1n) is 7.14. The van der Waals surface area contributed by atoms with Gasteiger partial charge in [0.05, 0.1) is 12.5 Å². The number of rotatable bonds is 8. The maximum Gasteiger partial charge on any atom is 0.0934 e. The predicted octanol–water partition coefficient (Wildman–Crippen LogP) is 3.68. The zero-order valence-electron chi connectivity index (χ0n) is 11.6. The van der Waals surface area contributed by atoms with Gasteiger partial charge in [-0.1, -0.05) is 37.3 Å². The number of nitrogens with one attached hydrogen (secondary N) is 1. The van der Waals surface area contributed by atoms with Gasteiger partial charge < -0.3 is 9.73 Å². The lowest BCUT2D eigenvalue weighted by atomic mass is 9.93. The lowest BCUT2D eigenvalue weighted by Gasteiger charge is -2.17. The summed E-state index contributed by atoms with van der Waals surface area (Å²) in [5.74, 6) is 0.617. The van der Waals surface area contributed by atoms with Crippen LogP contribution >= 0.6 is 0 Å². The van der Waals surface area contributed by atoms with Crippen LogP contribution in [0.3, 0.4) is 0 Å². The van der Waals surface area contributed by atoms with E-state index in [9.17, 15) is 0 Å². The summed E-state index contributed by atoms with van der Waals surface area (Å²) in [6.07, 6.45) is 6.99. The maximum atomic E-state index is 5.17. The molecule has 0 amide bonds. The first-order valence-corrected chi connectivity index (χ1v) is 7.14. The molecular weight excluding hydrogens is 234 g/mol. The highest BCUT2D eigenvalue weighted by molar-refractivity contribution is 5.16. The number of furan rings is 1. The molecule has 102 valence electrons. The molecular formula is C17H23NO. The van der Waals surface area contributed by atoms with E-state index in [1.165, 1.54) is 17.5 Å². The van der Waals surface area contributed by atoms with Crippen molar-refractivity contribution in [1.82, 2.24) is 5.32 Å². The minimum Gasteiger partial charge on any atom is -0.472 e. The topological polar surface area (TPSA) is 25.2 Å². The van der Waals surface area contributed by atoms with E-state index in [-0.39, 0.29) is 0 Å². The molecule has 1 heterocycles. The summed E-state index contributed by atoms with van der Waals surface area (Å²) in [5, 5.41) is 3.54. The van der Waals surface area contributed by atoms with E-state index in [0.717, 1.165) is 25.9 Å². The Labute approximate surface area is 115 Å². The summed E-state index contributed by atoms with van der Waals surface area (Å²) in [7, 11) is 0. The lowest BCUT2D eigenvalue weighted by Crippen LogP contribution is -2.26. The largest absolute Gasteiger partial charge is 0.472 e. The maximum absolute atomic E-state index is 5.17. The van der Waals surface area contributed by atoms with Crippen LogP contribution in [-0.2, 0) is 12.8 Å². The molecule has 0 radical (unpaired) electrons. The lowest BCUT2D eigenvalue weighted by molar-refractivity contribution is 0.467. The van der Waals surface area contributed by atoms with Crippen molar-refractivity contribution in [3.8, 4) is 0 Å². The van der Waals surface area contributed by atoms with Crippen LogP contribution in [0.5, 0.6) is 0 Å². The Morgan fingerprint density at radius 2 is 1.84 bits per heavy atom. The van der Waals surface area contributed by atoms with Crippen LogP contribution in [0.2, 0.25) is 0 Å². The first kappa shape index (κ1) is 13.9. The molecule has 19 heavy (non-hydrogen) atoms. The monoisotopic (exact) mass is 257 g/mol. The van der Waals surface area contributed by atoms with Crippen molar-refractivity contribution < 1.29 is 4.42 Å². The van der Waals surface area contributed by atoms with Gasteiger partial charge in [0.2, 0.25) is 0 Å². The number of benzene rings is 1. The normalized spacial score (nSPS) is 12.5. The fraction of sp³-hybridized carbons (Fsp3) is 0.412. The van der Waals surface area contributed by atoms with E-state index in [0.29, 0.717) is 5.92 Å². The average Bonchev–Trinajstić information content (AvgIpc) is 2.93. The van der Waals surface area contributed by atoms with Crippen LogP contribution in [0, 0.1) is 5.92 Å². The molecule has 2 aromatic rings. The van der Waals surface area contributed by atoms with Gasteiger partial charge in [0.25, 0.3) is 0 Å². The van der Waals surface area contributed by atoms with Gasteiger partial charge >= 0.3 is 0 Å². The Hall–Kier alpha value is -1.54. The zero-order chi connectivity index (χ0) is 13.3. The van der Waals surface area contributed by atoms with E-state index >= 15 is 0 Å². The molecule has 0 aliphatic carbocycles. The van der Waals surface area contributed by atoms with Gasteiger partial charge in [-0.15, -0.1) is 0 Å². The van der Waals surface area contributed by atoms with E-state index in [1.807, 2.05) is 6.26 Å². The molecule has 1 atom stereocenters. The van der Waals surface area contributed by atoms with Crippen LogP contribution in [-0.4, -0.2) is 13.1 Å². The zero-order valence-corrected chi connectivity index (χ0v) is 11.6. The van der Waals surface area contributed by atoms with Gasteiger partial charge in [0.15, 0.2) is 0 Å². The molecule has 0 aliphatic heterocycles. The van der Waals surface area contributed by atoms with E-state index in [2.05, 4.69) is 48.6 Å². The van der Waals surface area contributed by atoms with Gasteiger partial charge in [-0.3, -0.25) is 0 Å². The molecule has 0 fully saturated rings. The smallest absolute Gasteiger partial charge is 0.0934 e. The molecule has 2 heteroatoms. The molecule has 1 N–H and O–H groups in total. The Morgan fingerprint density at radius 1 is 1.05 bits per heavy atom. The second kappa shape index (κ2) is 7.80. The van der Waals surface area contributed by atoms with Gasteiger partial charge in [-0.2, -0.15) is 0 Å². The van der Waals surface area contributed by atoms with Crippen LogP contribution in [0.15, 0.2) is 53.3 Å². The highest BCUT2D eigenvalue weighted by Gasteiger charge is 2.11. The van der Waals surface area contributed by atoms with Gasteiger partial charge in [-0.05, 0) is 55.5 Å². The van der Waals surface area contributed by atoms with Crippen molar-refractivity contribution in [3.63, 3.8) is 0 Å². The minimum atomic E-state index is 0.617. The molecule has 1 unspecified atom stereocenters. The first-order chi connectivity index (χ1) is 9.38. The van der Waals surface area contributed by atoms with Crippen LogP contribution in [0.1, 0.15) is 24.5 Å². The summed E-state index contributed by atoms with van der Waals surface area (Å²) in [6.45, 7) is 4.36. The van der Waals surface area contributed by atoms with Crippen molar-refractivity contribution in [2.45, 2.75) is 26.2 Å². The Balaban J connectivity index is 1.93. The molecule has 0 spiro atoms.